The lowest BCUT2D eigenvalue weighted by Crippen LogP contribution is -2.45. The Morgan fingerprint density at radius 2 is 2.26 bits per heavy atom. The molecule has 0 aromatic carbocycles. The molecule has 0 radical (unpaired) electrons. The highest BCUT2D eigenvalue weighted by Crippen LogP contribution is 2.19. The summed E-state index contributed by atoms with van der Waals surface area (Å²) in [5.74, 6) is 1.70. The highest BCUT2D eigenvalue weighted by Gasteiger charge is 2.27. The second-order valence-electron chi connectivity index (χ2n) is 6.63. The molecule has 1 N–H and O–H groups in total. The molecule has 1 aliphatic heterocycles. The maximum absolute atomic E-state index is 12.4. The van der Waals surface area contributed by atoms with E-state index in [1.165, 1.54) is 0 Å². The second-order valence-corrected chi connectivity index (χ2v) is 6.63. The van der Waals surface area contributed by atoms with Gasteiger partial charge in [0.15, 0.2) is 5.82 Å². The molecular weight excluding hydrogens is 292 g/mol. The Morgan fingerprint density at radius 3 is 3.00 bits per heavy atom. The van der Waals surface area contributed by atoms with Crippen LogP contribution in [0.4, 0.5) is 0 Å². The lowest BCUT2D eigenvalue weighted by molar-refractivity contribution is -0.127. The van der Waals surface area contributed by atoms with Crippen LogP contribution in [0.15, 0.2) is 4.52 Å². The van der Waals surface area contributed by atoms with Gasteiger partial charge in [-0.2, -0.15) is 4.98 Å². The predicted molar refractivity (Wildman–Crippen MR) is 88.8 cm³/mol. The molecule has 0 saturated carbocycles. The molecule has 0 aliphatic carbocycles. The number of hydrogen-bond donors (Lipinski definition) is 1. The molecule has 0 bridgehead atoms. The van der Waals surface area contributed by atoms with Crippen molar-refractivity contribution in [2.75, 3.05) is 13.1 Å². The van der Waals surface area contributed by atoms with Crippen LogP contribution >= 0.6 is 0 Å². The van der Waals surface area contributed by atoms with Crippen molar-refractivity contribution in [2.24, 2.45) is 5.92 Å². The molecule has 1 fully saturated rings. The fourth-order valence-corrected chi connectivity index (χ4v) is 3.15. The average molecular weight is 322 g/mol. The molecular formula is C17H30N4O2. The first-order valence-corrected chi connectivity index (χ1v) is 8.96. The minimum Gasteiger partial charge on any atom is -0.353 e. The maximum Gasteiger partial charge on any atom is 0.240 e. The number of amides is 1. The van der Waals surface area contributed by atoms with Gasteiger partial charge in [-0.15, -0.1) is 0 Å². The summed E-state index contributed by atoms with van der Waals surface area (Å²) in [7, 11) is 0. The maximum atomic E-state index is 12.4. The number of hydrogen-bond acceptors (Lipinski definition) is 5. The summed E-state index contributed by atoms with van der Waals surface area (Å²) in [4.78, 5) is 19.0. The zero-order chi connectivity index (χ0) is 16.7. The van der Waals surface area contributed by atoms with Crippen LogP contribution in [0.3, 0.4) is 0 Å². The minimum atomic E-state index is 0.0705. The van der Waals surface area contributed by atoms with Crippen LogP contribution in [0, 0.1) is 5.92 Å². The smallest absolute Gasteiger partial charge is 0.240 e. The van der Waals surface area contributed by atoms with Crippen molar-refractivity contribution in [3.05, 3.63) is 11.7 Å². The summed E-state index contributed by atoms with van der Waals surface area (Å²) in [6.07, 6.45) is 5.99. The average Bonchev–Trinajstić information content (AvgIpc) is 2.95. The monoisotopic (exact) mass is 322 g/mol. The Balaban J connectivity index is 1.83. The fraction of sp³-hybridized carbons (Fsp3) is 0.824. The van der Waals surface area contributed by atoms with Gasteiger partial charge >= 0.3 is 0 Å². The summed E-state index contributed by atoms with van der Waals surface area (Å²) < 4.78 is 5.31. The standard InChI is InChI=1S/C17H30N4O2/c1-4-7-13(3)18-17(22)14-9-6-10-21(11-14)12-16-19-15(8-5-2)20-23-16/h13-14H,4-12H2,1-3H3,(H,18,22)/t13-,14+/m1/s1. The largest absolute Gasteiger partial charge is 0.353 e. The zero-order valence-electron chi connectivity index (χ0n) is 14.7. The second kappa shape index (κ2) is 9.01. The van der Waals surface area contributed by atoms with Crippen molar-refractivity contribution in [3.63, 3.8) is 0 Å². The molecule has 1 saturated heterocycles. The molecule has 2 rings (SSSR count). The predicted octanol–water partition coefficient (Wildman–Crippen LogP) is 2.54. The Kier molecular flexibility index (Phi) is 7.02. The number of nitrogens with zero attached hydrogens (tertiary/aromatic N) is 3. The summed E-state index contributed by atoms with van der Waals surface area (Å²) in [6.45, 7) is 8.72. The van der Waals surface area contributed by atoms with Crippen LogP contribution in [-0.4, -0.2) is 40.1 Å². The van der Waals surface area contributed by atoms with E-state index in [2.05, 4.69) is 41.1 Å². The first-order chi connectivity index (χ1) is 11.1. The number of rotatable bonds is 8. The summed E-state index contributed by atoms with van der Waals surface area (Å²) in [5, 5.41) is 7.13. The molecule has 6 heteroatoms. The van der Waals surface area contributed by atoms with Crippen molar-refractivity contribution in [3.8, 4) is 0 Å². The lowest BCUT2D eigenvalue weighted by Gasteiger charge is -2.31. The van der Waals surface area contributed by atoms with E-state index in [9.17, 15) is 4.79 Å². The topological polar surface area (TPSA) is 71.3 Å². The molecule has 1 aromatic heterocycles. The molecule has 130 valence electrons. The number of aryl methyl sites for hydroxylation is 1. The van der Waals surface area contributed by atoms with E-state index >= 15 is 0 Å². The highest BCUT2D eigenvalue weighted by atomic mass is 16.5. The molecule has 0 unspecified atom stereocenters. The summed E-state index contributed by atoms with van der Waals surface area (Å²) in [5.41, 5.74) is 0. The van der Waals surface area contributed by atoms with E-state index in [1.807, 2.05) is 0 Å². The van der Waals surface area contributed by atoms with Crippen LogP contribution in [0.5, 0.6) is 0 Å². The van der Waals surface area contributed by atoms with Crippen LogP contribution in [0.2, 0.25) is 0 Å². The third-order valence-corrected chi connectivity index (χ3v) is 4.33. The van der Waals surface area contributed by atoms with E-state index in [-0.39, 0.29) is 17.9 Å². The lowest BCUT2D eigenvalue weighted by atomic mass is 9.96. The molecule has 1 aliphatic rings. The number of likely N-dealkylation sites (tertiary alicyclic amines) is 1. The molecule has 0 spiro atoms. The van der Waals surface area contributed by atoms with Crippen LogP contribution in [0.1, 0.15) is 64.6 Å². The molecule has 2 atom stereocenters. The number of carbonyl (C=O) groups excluding carboxylic acids is 1. The van der Waals surface area contributed by atoms with Crippen molar-refractivity contribution < 1.29 is 9.32 Å². The van der Waals surface area contributed by atoms with Gasteiger partial charge in [0.25, 0.3) is 0 Å². The van der Waals surface area contributed by atoms with Gasteiger partial charge in [-0.3, -0.25) is 9.69 Å². The Morgan fingerprint density at radius 1 is 1.43 bits per heavy atom. The highest BCUT2D eigenvalue weighted by molar-refractivity contribution is 5.79. The van der Waals surface area contributed by atoms with Gasteiger partial charge in [0.2, 0.25) is 11.8 Å². The van der Waals surface area contributed by atoms with Gasteiger partial charge in [0.1, 0.15) is 0 Å². The Hall–Kier alpha value is -1.43. The zero-order valence-corrected chi connectivity index (χ0v) is 14.7. The van der Waals surface area contributed by atoms with Gasteiger partial charge in [0.05, 0.1) is 12.5 Å². The van der Waals surface area contributed by atoms with Gasteiger partial charge in [-0.25, -0.2) is 0 Å². The Bertz CT molecular complexity index is 489. The van der Waals surface area contributed by atoms with E-state index in [0.29, 0.717) is 12.4 Å². The fourth-order valence-electron chi connectivity index (χ4n) is 3.15. The number of aromatic nitrogens is 2. The van der Waals surface area contributed by atoms with E-state index < -0.39 is 0 Å². The molecule has 1 aromatic rings. The molecule has 1 amide bonds. The van der Waals surface area contributed by atoms with Crippen molar-refractivity contribution in [2.45, 2.75) is 71.9 Å². The summed E-state index contributed by atoms with van der Waals surface area (Å²) in [6, 6.07) is 0.260. The van der Waals surface area contributed by atoms with E-state index in [1.54, 1.807) is 0 Å². The van der Waals surface area contributed by atoms with E-state index in [4.69, 9.17) is 4.52 Å². The quantitative estimate of drug-likeness (QED) is 0.796. The van der Waals surface area contributed by atoms with Crippen LogP contribution < -0.4 is 5.32 Å². The van der Waals surface area contributed by atoms with Crippen LogP contribution in [0.25, 0.3) is 0 Å². The summed E-state index contributed by atoms with van der Waals surface area (Å²) >= 11 is 0. The molecule has 23 heavy (non-hydrogen) atoms. The first kappa shape index (κ1) is 17.9. The molecule has 2 heterocycles. The van der Waals surface area contributed by atoms with Gasteiger partial charge in [0, 0.05) is 19.0 Å². The Labute approximate surface area is 139 Å². The van der Waals surface area contributed by atoms with Crippen molar-refractivity contribution >= 4 is 5.91 Å². The number of nitrogens with one attached hydrogen (secondary N) is 1. The van der Waals surface area contributed by atoms with Gasteiger partial charge in [-0.05, 0) is 39.2 Å². The SMILES string of the molecule is CCCc1noc(CN2CCC[C@H](C(=O)N[C@H](C)CCC)C2)n1. The van der Waals surface area contributed by atoms with Crippen molar-refractivity contribution in [1.29, 1.82) is 0 Å². The van der Waals surface area contributed by atoms with Crippen molar-refractivity contribution in [1.82, 2.24) is 20.4 Å². The third-order valence-electron chi connectivity index (χ3n) is 4.33. The third kappa shape index (κ3) is 5.61. The minimum absolute atomic E-state index is 0.0705. The first-order valence-electron chi connectivity index (χ1n) is 8.96. The van der Waals surface area contributed by atoms with Gasteiger partial charge < -0.3 is 9.84 Å². The van der Waals surface area contributed by atoms with Gasteiger partial charge in [-0.1, -0.05) is 25.4 Å². The molecule has 6 nitrogen and oxygen atoms in total. The normalized spacial score (nSPS) is 20.4. The number of piperidine rings is 1. The van der Waals surface area contributed by atoms with Crippen LogP contribution in [-0.2, 0) is 17.8 Å². The van der Waals surface area contributed by atoms with E-state index in [0.717, 1.165) is 57.4 Å². The number of carbonyl (C=O) groups is 1.